The molecule has 0 radical (unpaired) electrons. The number of amides is 1. The topological polar surface area (TPSA) is 87.6 Å². The van der Waals surface area contributed by atoms with Crippen molar-refractivity contribution in [3.8, 4) is 0 Å². The van der Waals surface area contributed by atoms with Crippen LogP contribution >= 0.6 is 11.6 Å². The summed E-state index contributed by atoms with van der Waals surface area (Å²) >= 11 is 5.71. The summed E-state index contributed by atoms with van der Waals surface area (Å²) in [7, 11) is -3.94. The second kappa shape index (κ2) is 7.97. The molecule has 0 heterocycles. The number of hydrogen-bond acceptors (Lipinski definition) is 4. The maximum absolute atomic E-state index is 12.3. The average molecular weight is 420 g/mol. The zero-order chi connectivity index (χ0) is 20.2. The van der Waals surface area contributed by atoms with Gasteiger partial charge in [0.15, 0.2) is 0 Å². The number of hydrogen-bond donors (Lipinski definition) is 2. The summed E-state index contributed by atoms with van der Waals surface area (Å²) in [5, 5.41) is 5.82. The Hall–Kier alpha value is -2.59. The molecule has 0 aliphatic rings. The highest BCUT2D eigenvalue weighted by molar-refractivity contribution is 7.89. The summed E-state index contributed by atoms with van der Waals surface area (Å²) in [6, 6.07) is 10.8. The fourth-order valence-corrected chi connectivity index (χ4v) is 2.87. The van der Waals surface area contributed by atoms with Gasteiger partial charge in [0.25, 0.3) is 10.0 Å². The van der Waals surface area contributed by atoms with Gasteiger partial charge in [-0.3, -0.25) is 4.79 Å². The molecule has 0 unspecified atom stereocenters. The number of rotatable bonds is 5. The van der Waals surface area contributed by atoms with E-state index in [0.29, 0.717) is 10.6 Å². The van der Waals surface area contributed by atoms with Crippen LogP contribution in [0.25, 0.3) is 0 Å². The first-order chi connectivity index (χ1) is 12.5. The van der Waals surface area contributed by atoms with Gasteiger partial charge in [0.05, 0.1) is 10.6 Å². The van der Waals surface area contributed by atoms with Crippen molar-refractivity contribution < 1.29 is 26.4 Å². The highest BCUT2D eigenvalue weighted by Gasteiger charge is 2.38. The number of sulfonamides is 1. The first-order valence-electron chi connectivity index (χ1n) is 7.29. The summed E-state index contributed by atoms with van der Waals surface area (Å²) in [5.41, 5.74) is 0.384. The Balaban J connectivity index is 2.17. The predicted molar refractivity (Wildman–Crippen MR) is 95.1 cm³/mol. The standard InChI is InChI=1S/C16H13ClF3N3O3S/c1-10(22-23-27(25,26)14-7-5-12(17)6-8-14)11-3-2-4-13(9-11)21-15(24)16(18,19)20/h2-9,23H,1H3,(H,21,24)/b22-10-. The van der Waals surface area contributed by atoms with Gasteiger partial charge in [0.2, 0.25) is 0 Å². The van der Waals surface area contributed by atoms with E-state index in [1.165, 1.54) is 55.5 Å². The van der Waals surface area contributed by atoms with Crippen LogP contribution in [0.4, 0.5) is 18.9 Å². The summed E-state index contributed by atoms with van der Waals surface area (Å²) in [6.07, 6.45) is -5.02. The first-order valence-corrected chi connectivity index (χ1v) is 9.15. The molecule has 27 heavy (non-hydrogen) atoms. The molecular weight excluding hydrogens is 407 g/mol. The zero-order valence-electron chi connectivity index (χ0n) is 13.7. The normalized spacial score (nSPS) is 12.6. The predicted octanol–water partition coefficient (Wildman–Crippen LogP) is 3.54. The van der Waals surface area contributed by atoms with Crippen LogP contribution in [0.15, 0.2) is 58.5 Å². The van der Waals surface area contributed by atoms with Crippen LogP contribution in [0.3, 0.4) is 0 Å². The summed E-state index contributed by atoms with van der Waals surface area (Å²) in [4.78, 5) is 13.0. The lowest BCUT2D eigenvalue weighted by atomic mass is 10.1. The molecular formula is C16H13ClF3N3O3S. The van der Waals surface area contributed by atoms with Crippen LogP contribution in [0.2, 0.25) is 5.02 Å². The minimum atomic E-state index is -5.02. The molecule has 0 aliphatic heterocycles. The van der Waals surface area contributed by atoms with E-state index in [4.69, 9.17) is 11.6 Å². The van der Waals surface area contributed by atoms with E-state index in [9.17, 15) is 26.4 Å². The van der Waals surface area contributed by atoms with E-state index < -0.39 is 22.1 Å². The molecule has 2 aromatic carbocycles. The van der Waals surface area contributed by atoms with Crippen LogP contribution in [-0.2, 0) is 14.8 Å². The van der Waals surface area contributed by atoms with Crippen LogP contribution in [0.5, 0.6) is 0 Å². The second-order valence-corrected chi connectivity index (χ2v) is 7.38. The number of nitrogens with zero attached hydrogens (tertiary/aromatic N) is 1. The Bertz CT molecular complexity index is 974. The summed E-state index contributed by atoms with van der Waals surface area (Å²) in [5.74, 6) is -2.11. The van der Waals surface area contributed by atoms with Crippen molar-refractivity contribution in [1.82, 2.24) is 4.83 Å². The zero-order valence-corrected chi connectivity index (χ0v) is 15.3. The Morgan fingerprint density at radius 2 is 1.74 bits per heavy atom. The maximum atomic E-state index is 12.3. The van der Waals surface area contributed by atoms with Crippen molar-refractivity contribution in [3.63, 3.8) is 0 Å². The van der Waals surface area contributed by atoms with Gasteiger partial charge in [0.1, 0.15) is 0 Å². The lowest BCUT2D eigenvalue weighted by Crippen LogP contribution is -2.29. The number of carbonyl (C=O) groups is 1. The van der Waals surface area contributed by atoms with E-state index in [-0.39, 0.29) is 16.3 Å². The number of nitrogens with one attached hydrogen (secondary N) is 2. The third-order valence-electron chi connectivity index (χ3n) is 3.25. The van der Waals surface area contributed by atoms with Crippen molar-refractivity contribution in [2.24, 2.45) is 5.10 Å². The molecule has 0 fully saturated rings. The van der Waals surface area contributed by atoms with Gasteiger partial charge in [-0.15, -0.1) is 0 Å². The highest BCUT2D eigenvalue weighted by atomic mass is 35.5. The third-order valence-corrected chi connectivity index (χ3v) is 4.73. The molecule has 0 atom stereocenters. The first kappa shape index (κ1) is 20.7. The minimum absolute atomic E-state index is 0.0605. The molecule has 0 aromatic heterocycles. The Kier molecular flexibility index (Phi) is 6.11. The van der Waals surface area contributed by atoms with Gasteiger partial charge >= 0.3 is 12.1 Å². The number of halogens is 4. The SMILES string of the molecule is C/C(=N/NS(=O)(=O)c1ccc(Cl)cc1)c1cccc(NC(=O)C(F)(F)F)c1. The quantitative estimate of drug-likeness (QED) is 0.574. The van der Waals surface area contributed by atoms with E-state index >= 15 is 0 Å². The third kappa shape index (κ3) is 5.69. The summed E-state index contributed by atoms with van der Waals surface area (Å²) in [6.45, 7) is 1.45. The molecule has 6 nitrogen and oxygen atoms in total. The molecule has 0 saturated heterocycles. The number of anilines is 1. The van der Waals surface area contributed by atoms with Gasteiger partial charge in [-0.05, 0) is 48.9 Å². The van der Waals surface area contributed by atoms with Crippen LogP contribution in [0.1, 0.15) is 12.5 Å². The van der Waals surface area contributed by atoms with Crippen LogP contribution in [-0.4, -0.2) is 26.2 Å². The van der Waals surface area contributed by atoms with E-state index in [1.54, 1.807) is 5.32 Å². The van der Waals surface area contributed by atoms with Crippen molar-refractivity contribution in [3.05, 3.63) is 59.1 Å². The maximum Gasteiger partial charge on any atom is 0.471 e. The van der Waals surface area contributed by atoms with Gasteiger partial charge < -0.3 is 5.32 Å². The molecule has 1 amide bonds. The van der Waals surface area contributed by atoms with Crippen molar-refractivity contribution >= 4 is 38.9 Å². The van der Waals surface area contributed by atoms with E-state index in [0.717, 1.165) is 0 Å². The van der Waals surface area contributed by atoms with Gasteiger partial charge in [-0.1, -0.05) is 23.7 Å². The smallest absolute Gasteiger partial charge is 0.318 e. The van der Waals surface area contributed by atoms with Gasteiger partial charge in [0, 0.05) is 10.7 Å². The molecule has 2 rings (SSSR count). The monoisotopic (exact) mass is 419 g/mol. The van der Waals surface area contributed by atoms with Crippen LogP contribution < -0.4 is 10.1 Å². The second-order valence-electron chi connectivity index (χ2n) is 5.28. The van der Waals surface area contributed by atoms with E-state index in [1.807, 2.05) is 4.83 Å². The Labute approximate surface area is 158 Å². The van der Waals surface area contributed by atoms with Crippen molar-refractivity contribution in [2.45, 2.75) is 18.0 Å². The molecule has 11 heteroatoms. The molecule has 144 valence electrons. The lowest BCUT2D eigenvalue weighted by molar-refractivity contribution is -0.167. The molecule has 0 bridgehead atoms. The Morgan fingerprint density at radius 1 is 1.11 bits per heavy atom. The van der Waals surface area contributed by atoms with Crippen molar-refractivity contribution in [2.75, 3.05) is 5.32 Å². The molecule has 0 spiro atoms. The number of carbonyl (C=O) groups excluding carboxylic acids is 1. The van der Waals surface area contributed by atoms with E-state index in [2.05, 4.69) is 5.10 Å². The Morgan fingerprint density at radius 3 is 2.33 bits per heavy atom. The fourth-order valence-electron chi connectivity index (χ4n) is 1.88. The number of alkyl halides is 3. The summed E-state index contributed by atoms with van der Waals surface area (Å²) < 4.78 is 61.3. The number of hydrazone groups is 1. The fraction of sp³-hybridized carbons (Fsp3) is 0.125. The lowest BCUT2D eigenvalue weighted by Gasteiger charge is -2.09. The van der Waals surface area contributed by atoms with Crippen molar-refractivity contribution in [1.29, 1.82) is 0 Å². The molecule has 2 aromatic rings. The highest BCUT2D eigenvalue weighted by Crippen LogP contribution is 2.19. The van der Waals surface area contributed by atoms with Crippen LogP contribution in [0, 0.1) is 0 Å². The minimum Gasteiger partial charge on any atom is -0.318 e. The molecule has 2 N–H and O–H groups in total. The van der Waals surface area contributed by atoms with Gasteiger partial charge in [-0.2, -0.15) is 31.5 Å². The average Bonchev–Trinajstić information content (AvgIpc) is 2.59. The molecule has 0 saturated carbocycles. The number of benzene rings is 2. The molecule has 0 aliphatic carbocycles. The largest absolute Gasteiger partial charge is 0.471 e. The van der Waals surface area contributed by atoms with Gasteiger partial charge in [-0.25, -0.2) is 0 Å².